The van der Waals surface area contributed by atoms with Crippen molar-refractivity contribution in [1.82, 2.24) is 35.5 Å². The number of carbonyl (C=O) groups excluding carboxylic acids is 1. The van der Waals surface area contributed by atoms with Crippen LogP contribution in [-0.4, -0.2) is 78.8 Å². The predicted octanol–water partition coefficient (Wildman–Crippen LogP) is -0.340. The van der Waals surface area contributed by atoms with Gasteiger partial charge in [-0.05, 0) is 21.9 Å². The van der Waals surface area contributed by atoms with E-state index >= 15 is 0 Å². The largest absolute Gasteiger partial charge is 0.390 e. The second-order valence-corrected chi connectivity index (χ2v) is 6.04. The van der Waals surface area contributed by atoms with Gasteiger partial charge in [-0.3, -0.25) is 9.69 Å². The molecule has 1 amide bonds. The number of nitrogens with zero attached hydrogens (tertiary/aromatic N) is 6. The first-order valence-electron chi connectivity index (χ1n) is 7.96. The Morgan fingerprint density at radius 1 is 1.32 bits per heavy atom. The molecular weight excluding hydrogens is 326 g/mol. The minimum atomic E-state index is -0.645. The summed E-state index contributed by atoms with van der Waals surface area (Å²) >= 11 is 0. The number of H-pyrrole nitrogens is 1. The lowest BCUT2D eigenvalue weighted by atomic mass is 10.1. The van der Waals surface area contributed by atoms with Crippen LogP contribution in [0.3, 0.4) is 0 Å². The summed E-state index contributed by atoms with van der Waals surface area (Å²) in [5.74, 6) is -0.238. The normalized spacial score (nSPS) is 19.2. The SMILES string of the molecule is O=C(c1cn[nH]n1)N1CCN(Cc2cccc3nonc23)C[C@H](O)C1. The zero-order chi connectivity index (χ0) is 17.2. The summed E-state index contributed by atoms with van der Waals surface area (Å²) < 4.78 is 4.79. The van der Waals surface area contributed by atoms with Gasteiger partial charge in [0.2, 0.25) is 0 Å². The quantitative estimate of drug-likeness (QED) is 0.662. The maximum atomic E-state index is 12.4. The number of aliphatic hydroxyl groups is 1. The number of benzene rings is 1. The van der Waals surface area contributed by atoms with Gasteiger partial charge in [0, 0.05) is 32.7 Å². The summed E-state index contributed by atoms with van der Waals surface area (Å²) in [6.07, 6.45) is 0.739. The lowest BCUT2D eigenvalue weighted by Gasteiger charge is -2.21. The average molecular weight is 343 g/mol. The first-order valence-corrected chi connectivity index (χ1v) is 7.96. The van der Waals surface area contributed by atoms with Gasteiger partial charge < -0.3 is 10.0 Å². The number of fused-ring (bicyclic) bond motifs is 1. The monoisotopic (exact) mass is 343 g/mol. The van der Waals surface area contributed by atoms with Crippen molar-refractivity contribution in [3.63, 3.8) is 0 Å². The zero-order valence-corrected chi connectivity index (χ0v) is 13.4. The smallest absolute Gasteiger partial charge is 0.276 e. The Labute approximate surface area is 142 Å². The minimum Gasteiger partial charge on any atom is -0.390 e. The molecule has 1 aliphatic heterocycles. The predicted molar refractivity (Wildman–Crippen MR) is 85.4 cm³/mol. The van der Waals surface area contributed by atoms with Gasteiger partial charge in [-0.25, -0.2) is 4.63 Å². The Bertz CT molecular complexity index is 863. The molecule has 0 radical (unpaired) electrons. The van der Waals surface area contributed by atoms with Gasteiger partial charge >= 0.3 is 0 Å². The van der Waals surface area contributed by atoms with Gasteiger partial charge in [-0.2, -0.15) is 15.4 Å². The molecule has 1 saturated heterocycles. The molecule has 10 heteroatoms. The first kappa shape index (κ1) is 15.7. The summed E-state index contributed by atoms with van der Waals surface area (Å²) in [5, 5.41) is 28.0. The molecule has 10 nitrogen and oxygen atoms in total. The molecule has 1 atom stereocenters. The first-order chi connectivity index (χ1) is 12.2. The molecule has 4 rings (SSSR count). The number of aliphatic hydroxyl groups excluding tert-OH is 1. The van der Waals surface area contributed by atoms with Crippen molar-refractivity contribution >= 4 is 16.9 Å². The summed E-state index contributed by atoms with van der Waals surface area (Å²) in [5.41, 5.74) is 2.65. The van der Waals surface area contributed by atoms with Crippen LogP contribution in [-0.2, 0) is 6.54 Å². The Hall–Kier alpha value is -2.85. The molecule has 0 unspecified atom stereocenters. The summed E-state index contributed by atoms with van der Waals surface area (Å²) in [6.45, 7) is 2.44. The van der Waals surface area contributed by atoms with E-state index in [-0.39, 0.29) is 18.1 Å². The number of hydrogen-bond acceptors (Lipinski definition) is 8. The van der Waals surface area contributed by atoms with E-state index in [9.17, 15) is 9.90 Å². The summed E-state index contributed by atoms with van der Waals surface area (Å²) in [4.78, 5) is 16.1. The number of β-amino-alcohol motifs (C(OH)–C–C–N with tert-alkyl or cyclic N) is 1. The van der Waals surface area contributed by atoms with E-state index in [1.807, 2.05) is 18.2 Å². The highest BCUT2D eigenvalue weighted by atomic mass is 16.6. The van der Waals surface area contributed by atoms with E-state index in [1.165, 1.54) is 6.20 Å². The fourth-order valence-corrected chi connectivity index (χ4v) is 3.08. The lowest BCUT2D eigenvalue weighted by Crippen LogP contribution is -2.37. The highest BCUT2D eigenvalue weighted by Gasteiger charge is 2.26. The van der Waals surface area contributed by atoms with Crippen molar-refractivity contribution in [3.8, 4) is 0 Å². The molecule has 130 valence electrons. The molecule has 0 spiro atoms. The van der Waals surface area contributed by atoms with Gasteiger partial charge in [0.1, 0.15) is 11.0 Å². The molecular formula is C15H17N7O3. The number of nitrogens with one attached hydrogen (secondary N) is 1. The van der Waals surface area contributed by atoms with Crippen molar-refractivity contribution in [3.05, 3.63) is 35.7 Å². The fraction of sp³-hybridized carbons (Fsp3) is 0.400. The van der Waals surface area contributed by atoms with Gasteiger partial charge in [0.05, 0.1) is 12.3 Å². The van der Waals surface area contributed by atoms with Gasteiger partial charge in [-0.15, -0.1) is 0 Å². The van der Waals surface area contributed by atoms with Crippen LogP contribution in [0.4, 0.5) is 0 Å². The van der Waals surface area contributed by atoms with E-state index < -0.39 is 6.10 Å². The van der Waals surface area contributed by atoms with Crippen LogP contribution >= 0.6 is 0 Å². The van der Waals surface area contributed by atoms with E-state index in [0.717, 1.165) is 11.1 Å². The molecule has 0 bridgehead atoms. The van der Waals surface area contributed by atoms with Crippen LogP contribution in [0.5, 0.6) is 0 Å². The third-order valence-electron chi connectivity index (χ3n) is 4.27. The number of aromatic nitrogens is 5. The average Bonchev–Trinajstić information content (AvgIpc) is 3.26. The van der Waals surface area contributed by atoms with E-state index in [2.05, 4.69) is 30.6 Å². The zero-order valence-electron chi connectivity index (χ0n) is 13.4. The van der Waals surface area contributed by atoms with E-state index in [0.29, 0.717) is 31.7 Å². The standard InChI is InChI=1S/C15H17N7O3/c23-11-8-21(7-10-2-1-3-12-14(10)19-25-18-12)4-5-22(9-11)15(24)13-6-16-20-17-13/h1-3,6,11,23H,4-5,7-9H2,(H,16,17,20)/t11-/m0/s1. The summed E-state index contributed by atoms with van der Waals surface area (Å²) in [7, 11) is 0. The van der Waals surface area contributed by atoms with Crippen LogP contribution in [0.25, 0.3) is 11.0 Å². The number of aromatic amines is 1. The Morgan fingerprint density at radius 3 is 3.08 bits per heavy atom. The van der Waals surface area contributed by atoms with Crippen LogP contribution < -0.4 is 0 Å². The number of hydrogen-bond donors (Lipinski definition) is 2. The lowest BCUT2D eigenvalue weighted by molar-refractivity contribution is 0.0657. The molecule has 2 N–H and O–H groups in total. The van der Waals surface area contributed by atoms with Gasteiger partial charge in [0.15, 0.2) is 5.69 Å². The van der Waals surface area contributed by atoms with Gasteiger partial charge in [0.25, 0.3) is 5.91 Å². The molecule has 25 heavy (non-hydrogen) atoms. The van der Waals surface area contributed by atoms with Crippen molar-refractivity contribution in [1.29, 1.82) is 0 Å². The maximum absolute atomic E-state index is 12.4. The van der Waals surface area contributed by atoms with Crippen LogP contribution in [0.15, 0.2) is 29.0 Å². The van der Waals surface area contributed by atoms with Crippen molar-refractivity contribution < 1.29 is 14.5 Å². The van der Waals surface area contributed by atoms with Crippen LogP contribution in [0.1, 0.15) is 16.1 Å². The van der Waals surface area contributed by atoms with E-state index in [1.54, 1.807) is 4.90 Å². The number of amides is 1. The van der Waals surface area contributed by atoms with Gasteiger partial charge in [-0.1, -0.05) is 12.1 Å². The number of rotatable bonds is 3. The molecule has 1 fully saturated rings. The number of carbonyl (C=O) groups is 1. The third-order valence-corrected chi connectivity index (χ3v) is 4.27. The Morgan fingerprint density at radius 2 is 2.24 bits per heavy atom. The second-order valence-electron chi connectivity index (χ2n) is 6.04. The van der Waals surface area contributed by atoms with Crippen molar-refractivity contribution in [2.45, 2.75) is 12.6 Å². The maximum Gasteiger partial charge on any atom is 0.276 e. The minimum absolute atomic E-state index is 0.238. The topological polar surface area (TPSA) is 124 Å². The molecule has 3 heterocycles. The van der Waals surface area contributed by atoms with Crippen molar-refractivity contribution in [2.75, 3.05) is 26.2 Å². The van der Waals surface area contributed by atoms with Crippen LogP contribution in [0, 0.1) is 0 Å². The van der Waals surface area contributed by atoms with E-state index in [4.69, 9.17) is 4.63 Å². The summed E-state index contributed by atoms with van der Waals surface area (Å²) in [6, 6.07) is 5.70. The molecule has 1 aromatic carbocycles. The molecule has 0 saturated carbocycles. The Kier molecular flexibility index (Phi) is 4.12. The Balaban J connectivity index is 1.48. The molecule has 2 aromatic heterocycles. The van der Waals surface area contributed by atoms with Crippen LogP contribution in [0.2, 0.25) is 0 Å². The third kappa shape index (κ3) is 3.21. The molecule has 1 aliphatic rings. The van der Waals surface area contributed by atoms with Crippen molar-refractivity contribution in [2.24, 2.45) is 0 Å². The highest BCUT2D eigenvalue weighted by Crippen LogP contribution is 2.18. The fourth-order valence-electron chi connectivity index (χ4n) is 3.08. The molecule has 3 aromatic rings. The highest BCUT2D eigenvalue weighted by molar-refractivity contribution is 5.91. The molecule has 0 aliphatic carbocycles. The second kappa shape index (κ2) is 6.57.